The predicted molar refractivity (Wildman–Crippen MR) is 101 cm³/mol. The van der Waals surface area contributed by atoms with Crippen LogP contribution in [0, 0.1) is 0 Å². The van der Waals surface area contributed by atoms with Crippen LogP contribution >= 0.6 is 24.0 Å². The van der Waals surface area contributed by atoms with Crippen molar-refractivity contribution in [3.63, 3.8) is 0 Å². The number of carboxylic acid groups (broad SMARTS) is 1. The summed E-state index contributed by atoms with van der Waals surface area (Å²) < 4.78 is 23.5. The number of hydrogen-bond acceptors (Lipinski definition) is 4. The minimum atomic E-state index is -3.33. The van der Waals surface area contributed by atoms with Crippen LogP contribution in [-0.2, 0) is 14.6 Å². The molecule has 0 aliphatic heterocycles. The van der Waals surface area contributed by atoms with Crippen molar-refractivity contribution >= 4 is 39.8 Å². The monoisotopic (exact) mass is 403 g/mol. The maximum atomic E-state index is 11.7. The summed E-state index contributed by atoms with van der Waals surface area (Å²) in [6, 6.07) is 11.7. The lowest BCUT2D eigenvalue weighted by Crippen LogP contribution is -2.16. The third kappa shape index (κ3) is 5.44. The molecule has 0 aliphatic carbocycles. The van der Waals surface area contributed by atoms with Gasteiger partial charge in [-0.15, -0.1) is 12.4 Å². The number of hydrogen-bond donors (Lipinski definition) is 2. The van der Waals surface area contributed by atoms with Crippen LogP contribution in [0.15, 0.2) is 47.4 Å². The highest BCUT2D eigenvalue weighted by atomic mass is 35.5. The van der Waals surface area contributed by atoms with Crippen molar-refractivity contribution in [2.45, 2.75) is 17.2 Å². The molecular weight excluding hydrogens is 385 g/mol. The van der Waals surface area contributed by atoms with Gasteiger partial charge in [-0.2, -0.15) is 0 Å². The van der Waals surface area contributed by atoms with Crippen molar-refractivity contribution in [3.05, 3.63) is 53.1 Å². The molecule has 5 nitrogen and oxygen atoms in total. The van der Waals surface area contributed by atoms with Gasteiger partial charge in [0, 0.05) is 22.8 Å². The number of benzene rings is 2. The third-order valence-electron chi connectivity index (χ3n) is 3.74. The second-order valence-electron chi connectivity index (χ2n) is 5.57. The van der Waals surface area contributed by atoms with Gasteiger partial charge in [0.15, 0.2) is 9.84 Å². The summed E-state index contributed by atoms with van der Waals surface area (Å²) in [6.07, 6.45) is 1.06. The lowest BCUT2D eigenvalue weighted by atomic mass is 9.92. The molecule has 25 heavy (non-hydrogen) atoms. The average Bonchev–Trinajstić information content (AvgIpc) is 2.52. The quantitative estimate of drug-likeness (QED) is 0.770. The Morgan fingerprint density at radius 1 is 1.24 bits per heavy atom. The molecule has 0 amide bonds. The highest BCUT2D eigenvalue weighted by molar-refractivity contribution is 7.90. The molecule has 0 radical (unpaired) electrons. The Hall–Kier alpha value is -1.60. The SMILES string of the molecule is CS(=O)(=O)c1cccc(-c2cc([C@H](CN)CC(=O)O)ccc2Cl)c1.Cl. The van der Waals surface area contributed by atoms with Crippen molar-refractivity contribution in [1.82, 2.24) is 0 Å². The van der Waals surface area contributed by atoms with E-state index in [2.05, 4.69) is 0 Å². The highest BCUT2D eigenvalue weighted by Crippen LogP contribution is 2.33. The zero-order valence-electron chi connectivity index (χ0n) is 13.5. The van der Waals surface area contributed by atoms with Gasteiger partial charge in [0.2, 0.25) is 0 Å². The Morgan fingerprint density at radius 3 is 2.48 bits per heavy atom. The van der Waals surface area contributed by atoms with Crippen molar-refractivity contribution in [1.29, 1.82) is 0 Å². The van der Waals surface area contributed by atoms with E-state index >= 15 is 0 Å². The molecule has 2 rings (SSSR count). The number of nitrogens with two attached hydrogens (primary N) is 1. The Bertz CT molecular complexity index is 869. The molecule has 0 aromatic heterocycles. The van der Waals surface area contributed by atoms with Crippen LogP contribution in [0.1, 0.15) is 17.9 Å². The fraction of sp³-hybridized carbons (Fsp3) is 0.235. The third-order valence-corrected chi connectivity index (χ3v) is 5.18. The van der Waals surface area contributed by atoms with E-state index in [0.29, 0.717) is 16.1 Å². The summed E-state index contributed by atoms with van der Waals surface area (Å²) in [5.41, 5.74) is 7.73. The van der Waals surface area contributed by atoms with Crippen LogP contribution in [0.3, 0.4) is 0 Å². The molecule has 0 unspecified atom stereocenters. The smallest absolute Gasteiger partial charge is 0.304 e. The molecule has 0 saturated heterocycles. The van der Waals surface area contributed by atoms with Crippen molar-refractivity contribution in [2.24, 2.45) is 5.73 Å². The summed E-state index contributed by atoms with van der Waals surface area (Å²) in [7, 11) is -3.33. The minimum Gasteiger partial charge on any atom is -0.481 e. The van der Waals surface area contributed by atoms with E-state index in [0.717, 1.165) is 11.8 Å². The van der Waals surface area contributed by atoms with Gasteiger partial charge >= 0.3 is 5.97 Å². The molecule has 0 spiro atoms. The Labute approximate surface area is 158 Å². The molecular formula is C17H19Cl2NO4S. The fourth-order valence-electron chi connectivity index (χ4n) is 2.46. The van der Waals surface area contributed by atoms with Crippen LogP contribution in [-0.4, -0.2) is 32.3 Å². The zero-order chi connectivity index (χ0) is 17.9. The van der Waals surface area contributed by atoms with E-state index < -0.39 is 15.8 Å². The summed E-state index contributed by atoms with van der Waals surface area (Å²) in [4.78, 5) is 11.2. The highest BCUT2D eigenvalue weighted by Gasteiger charge is 2.17. The Kier molecular flexibility index (Phi) is 7.44. The molecule has 0 saturated carbocycles. The Balaban J connectivity index is 0.00000312. The van der Waals surface area contributed by atoms with Gasteiger partial charge < -0.3 is 10.8 Å². The van der Waals surface area contributed by atoms with Crippen LogP contribution in [0.4, 0.5) is 0 Å². The number of sulfone groups is 1. The van der Waals surface area contributed by atoms with Gasteiger partial charge in [0.05, 0.1) is 11.3 Å². The molecule has 0 aliphatic rings. The second kappa shape index (κ2) is 8.67. The van der Waals surface area contributed by atoms with Crippen LogP contribution in [0.25, 0.3) is 11.1 Å². The average molecular weight is 404 g/mol. The number of rotatable bonds is 6. The van der Waals surface area contributed by atoms with Gasteiger partial charge in [-0.05, 0) is 41.9 Å². The molecule has 2 aromatic rings. The van der Waals surface area contributed by atoms with E-state index in [1.807, 2.05) is 0 Å². The summed E-state index contributed by atoms with van der Waals surface area (Å²) in [6.45, 7) is 0.191. The van der Waals surface area contributed by atoms with Gasteiger partial charge in [-0.1, -0.05) is 29.8 Å². The first kappa shape index (κ1) is 21.4. The van der Waals surface area contributed by atoms with Crippen LogP contribution in [0.2, 0.25) is 5.02 Å². The lowest BCUT2D eigenvalue weighted by molar-refractivity contribution is -0.137. The topological polar surface area (TPSA) is 97.5 Å². The summed E-state index contributed by atoms with van der Waals surface area (Å²) >= 11 is 6.25. The van der Waals surface area contributed by atoms with Crippen LogP contribution in [0.5, 0.6) is 0 Å². The number of carbonyl (C=O) groups is 1. The number of halogens is 2. The zero-order valence-corrected chi connectivity index (χ0v) is 15.9. The molecule has 1 atom stereocenters. The largest absolute Gasteiger partial charge is 0.481 e. The molecule has 2 aromatic carbocycles. The molecule has 136 valence electrons. The standard InChI is InChI=1S/C17H18ClNO4S.ClH/c1-24(22,23)14-4-2-3-12(7-14)15-8-11(5-6-16(15)18)13(10-19)9-17(20)21;/h2-8,13H,9-10,19H2,1H3,(H,20,21);1H/t13-;/m0./s1. The van der Waals surface area contributed by atoms with Gasteiger partial charge in [0.25, 0.3) is 0 Å². The predicted octanol–water partition coefficient (Wildman–Crippen LogP) is 3.35. The van der Waals surface area contributed by atoms with Gasteiger partial charge in [-0.25, -0.2) is 8.42 Å². The molecule has 0 heterocycles. The maximum absolute atomic E-state index is 11.7. The van der Waals surface area contributed by atoms with Crippen molar-refractivity contribution in [2.75, 3.05) is 12.8 Å². The molecule has 0 bridgehead atoms. The van der Waals surface area contributed by atoms with Gasteiger partial charge in [0.1, 0.15) is 0 Å². The van der Waals surface area contributed by atoms with E-state index in [1.165, 1.54) is 6.07 Å². The molecule has 8 heteroatoms. The van der Waals surface area contributed by atoms with E-state index in [1.54, 1.807) is 36.4 Å². The number of carboxylic acids is 1. The first-order valence-electron chi connectivity index (χ1n) is 7.24. The summed E-state index contributed by atoms with van der Waals surface area (Å²) in [5.74, 6) is -1.27. The summed E-state index contributed by atoms with van der Waals surface area (Å²) in [5, 5.41) is 9.45. The first-order chi connectivity index (χ1) is 11.2. The van der Waals surface area contributed by atoms with Crippen LogP contribution < -0.4 is 5.73 Å². The number of aliphatic carboxylic acids is 1. The Morgan fingerprint density at radius 2 is 1.92 bits per heavy atom. The normalized spacial score (nSPS) is 12.3. The fourth-order valence-corrected chi connectivity index (χ4v) is 3.35. The molecule has 0 fully saturated rings. The lowest BCUT2D eigenvalue weighted by Gasteiger charge is -2.15. The van der Waals surface area contributed by atoms with Crippen molar-refractivity contribution < 1.29 is 18.3 Å². The van der Waals surface area contributed by atoms with E-state index in [9.17, 15) is 13.2 Å². The second-order valence-corrected chi connectivity index (χ2v) is 7.99. The molecule has 3 N–H and O–H groups in total. The first-order valence-corrected chi connectivity index (χ1v) is 9.51. The maximum Gasteiger partial charge on any atom is 0.304 e. The van der Waals surface area contributed by atoms with E-state index in [-0.39, 0.29) is 36.2 Å². The minimum absolute atomic E-state index is 0. The van der Waals surface area contributed by atoms with Crippen molar-refractivity contribution in [3.8, 4) is 11.1 Å². The van der Waals surface area contributed by atoms with Gasteiger partial charge in [-0.3, -0.25) is 4.79 Å². The van der Waals surface area contributed by atoms with E-state index in [4.69, 9.17) is 22.4 Å².